The zero-order valence-corrected chi connectivity index (χ0v) is 12.7. The van der Waals surface area contributed by atoms with Gasteiger partial charge in [-0.3, -0.25) is 4.79 Å². The van der Waals surface area contributed by atoms with Gasteiger partial charge in [0.15, 0.2) is 5.78 Å². The first kappa shape index (κ1) is 14.0. The van der Waals surface area contributed by atoms with Gasteiger partial charge in [0.1, 0.15) is 0 Å². The van der Waals surface area contributed by atoms with E-state index in [4.69, 9.17) is 0 Å². The van der Waals surface area contributed by atoms with Gasteiger partial charge in [-0.1, -0.05) is 36.8 Å². The first-order chi connectivity index (χ1) is 8.70. The topological polar surface area (TPSA) is 17.1 Å². The van der Waals surface area contributed by atoms with Crippen LogP contribution in [0.15, 0.2) is 24.3 Å². The Kier molecular flexibility index (Phi) is 5.19. The third kappa shape index (κ3) is 3.55. The Bertz CT molecular complexity index is 417. The number of rotatable bonds is 4. The smallest absolute Gasteiger partial charge is 0.151 e. The maximum absolute atomic E-state index is 12.4. The summed E-state index contributed by atoms with van der Waals surface area (Å²) >= 11 is 3.83. The lowest BCUT2D eigenvalue weighted by Crippen LogP contribution is -2.33. The Hall–Kier alpha value is -0.410. The number of hydrogen-bond acceptors (Lipinski definition) is 3. The van der Waals surface area contributed by atoms with Crippen LogP contribution >= 0.6 is 23.5 Å². The van der Waals surface area contributed by atoms with E-state index in [1.807, 2.05) is 29.6 Å². The van der Waals surface area contributed by atoms with Crippen molar-refractivity contribution in [2.75, 3.05) is 11.5 Å². The van der Waals surface area contributed by atoms with Crippen LogP contribution in [0.4, 0.5) is 0 Å². The zero-order valence-electron chi connectivity index (χ0n) is 11.0. The van der Waals surface area contributed by atoms with Crippen LogP contribution in [0, 0.1) is 6.92 Å². The van der Waals surface area contributed by atoms with Crippen LogP contribution in [0.3, 0.4) is 0 Å². The lowest BCUT2D eigenvalue weighted by Gasteiger charge is -2.28. The van der Waals surface area contributed by atoms with Crippen molar-refractivity contribution in [3.8, 4) is 0 Å². The van der Waals surface area contributed by atoms with Gasteiger partial charge in [0.25, 0.3) is 0 Å². The monoisotopic (exact) mass is 280 g/mol. The van der Waals surface area contributed by atoms with E-state index in [9.17, 15) is 4.79 Å². The molecule has 1 nitrogen and oxygen atoms in total. The van der Waals surface area contributed by atoms with Crippen molar-refractivity contribution in [3.63, 3.8) is 0 Å². The molecule has 1 aliphatic rings. The molecule has 0 amide bonds. The molecule has 1 heterocycles. The third-order valence-electron chi connectivity index (χ3n) is 3.23. The van der Waals surface area contributed by atoms with Crippen LogP contribution in [0.2, 0.25) is 0 Å². The summed E-state index contributed by atoms with van der Waals surface area (Å²) in [6.07, 6.45) is 1.69. The van der Waals surface area contributed by atoms with E-state index in [-0.39, 0.29) is 5.25 Å². The molecule has 0 bridgehead atoms. The Labute approximate surface area is 118 Å². The number of hydrogen-bond donors (Lipinski definition) is 0. The summed E-state index contributed by atoms with van der Waals surface area (Å²) in [6.45, 7) is 4.27. The summed E-state index contributed by atoms with van der Waals surface area (Å²) < 4.78 is 0. The van der Waals surface area contributed by atoms with Crippen LogP contribution < -0.4 is 0 Å². The fourth-order valence-corrected chi connectivity index (χ4v) is 5.36. The number of carbonyl (C=O) groups excluding carboxylic acids is 1. The van der Waals surface area contributed by atoms with E-state index in [1.54, 1.807) is 0 Å². The molecule has 3 heteroatoms. The van der Waals surface area contributed by atoms with E-state index in [0.29, 0.717) is 17.5 Å². The van der Waals surface area contributed by atoms with Gasteiger partial charge >= 0.3 is 0 Å². The summed E-state index contributed by atoms with van der Waals surface area (Å²) in [7, 11) is 0. The van der Waals surface area contributed by atoms with E-state index in [1.165, 1.54) is 11.3 Å². The average molecular weight is 280 g/mol. The molecule has 2 atom stereocenters. The fourth-order valence-electron chi connectivity index (χ4n) is 2.33. The number of carbonyl (C=O) groups is 1. The van der Waals surface area contributed by atoms with Crippen molar-refractivity contribution in [2.24, 2.45) is 0 Å². The molecule has 1 aromatic rings. The summed E-state index contributed by atoms with van der Waals surface area (Å²) in [4.78, 5) is 12.4. The lowest BCUT2D eigenvalue weighted by atomic mass is 10.0. The van der Waals surface area contributed by atoms with Crippen LogP contribution in [0.25, 0.3) is 0 Å². The van der Waals surface area contributed by atoms with Crippen molar-refractivity contribution in [1.29, 1.82) is 0 Å². The molecule has 1 saturated heterocycles. The molecule has 0 aromatic heterocycles. The van der Waals surface area contributed by atoms with E-state index >= 15 is 0 Å². The Balaban J connectivity index is 2.02. The predicted molar refractivity (Wildman–Crippen MR) is 82.7 cm³/mol. The Morgan fingerprint density at radius 3 is 2.83 bits per heavy atom. The molecular weight excluding hydrogens is 260 g/mol. The molecule has 2 unspecified atom stereocenters. The summed E-state index contributed by atoms with van der Waals surface area (Å²) in [6, 6.07) is 8.30. The predicted octanol–water partition coefficient (Wildman–Crippen LogP) is 3.73. The van der Waals surface area contributed by atoms with Gasteiger partial charge in [0.2, 0.25) is 0 Å². The number of benzene rings is 1. The highest BCUT2D eigenvalue weighted by Crippen LogP contribution is 2.34. The Morgan fingerprint density at radius 1 is 1.33 bits per heavy atom. The van der Waals surface area contributed by atoms with Crippen molar-refractivity contribution in [3.05, 3.63) is 35.4 Å². The van der Waals surface area contributed by atoms with Gasteiger partial charge in [-0.25, -0.2) is 0 Å². The molecule has 0 radical (unpaired) electrons. The molecular formula is C15H20OS2. The highest BCUT2D eigenvalue weighted by Gasteiger charge is 2.30. The average Bonchev–Trinajstić information content (AvgIpc) is 2.38. The van der Waals surface area contributed by atoms with Crippen LogP contribution in [0.1, 0.15) is 24.5 Å². The first-order valence-corrected chi connectivity index (χ1v) is 8.62. The second kappa shape index (κ2) is 6.67. The molecule has 1 aromatic carbocycles. The van der Waals surface area contributed by atoms with Crippen molar-refractivity contribution < 1.29 is 4.79 Å². The normalized spacial score (nSPS) is 23.9. The highest BCUT2D eigenvalue weighted by atomic mass is 32.2. The van der Waals surface area contributed by atoms with Crippen LogP contribution in [-0.2, 0) is 11.2 Å². The lowest BCUT2D eigenvalue weighted by molar-refractivity contribution is -0.117. The van der Waals surface area contributed by atoms with Gasteiger partial charge in [-0.2, -0.15) is 11.8 Å². The second-order valence-corrected chi connectivity index (χ2v) is 7.34. The van der Waals surface area contributed by atoms with Crippen LogP contribution in [-0.4, -0.2) is 27.8 Å². The first-order valence-electron chi connectivity index (χ1n) is 6.52. The molecule has 1 aliphatic heterocycles. The van der Waals surface area contributed by atoms with Gasteiger partial charge in [0, 0.05) is 23.2 Å². The molecule has 2 rings (SSSR count). The minimum absolute atomic E-state index is 0.203. The minimum Gasteiger partial charge on any atom is -0.298 e. The quantitative estimate of drug-likeness (QED) is 0.836. The Morgan fingerprint density at radius 2 is 2.11 bits per heavy atom. The highest BCUT2D eigenvalue weighted by molar-refractivity contribution is 8.07. The molecule has 1 fully saturated rings. The van der Waals surface area contributed by atoms with Gasteiger partial charge in [-0.05, 0) is 18.9 Å². The maximum atomic E-state index is 12.4. The second-order valence-electron chi connectivity index (χ2n) is 4.74. The van der Waals surface area contributed by atoms with Crippen molar-refractivity contribution in [1.82, 2.24) is 0 Å². The van der Waals surface area contributed by atoms with E-state index in [0.717, 1.165) is 17.7 Å². The number of ketones is 1. The number of thioether (sulfide) groups is 2. The largest absolute Gasteiger partial charge is 0.298 e. The maximum Gasteiger partial charge on any atom is 0.151 e. The molecule has 18 heavy (non-hydrogen) atoms. The van der Waals surface area contributed by atoms with Gasteiger partial charge in [-0.15, -0.1) is 11.8 Å². The standard InChI is InChI=1S/C15H20OS2/c1-3-14-15(18-8-7-17-14)13(16)10-12-6-4-5-11(2)9-12/h4-6,9,14-15H,3,7-8,10H2,1-2H3. The van der Waals surface area contributed by atoms with Crippen LogP contribution in [0.5, 0.6) is 0 Å². The van der Waals surface area contributed by atoms with E-state index in [2.05, 4.69) is 32.0 Å². The van der Waals surface area contributed by atoms with E-state index < -0.39 is 0 Å². The molecule has 0 saturated carbocycles. The third-order valence-corrected chi connectivity index (χ3v) is 6.53. The summed E-state index contributed by atoms with van der Waals surface area (Å²) in [5.41, 5.74) is 2.39. The van der Waals surface area contributed by atoms with Crippen molar-refractivity contribution >= 4 is 29.3 Å². The molecule has 0 spiro atoms. The number of aryl methyl sites for hydroxylation is 1. The van der Waals surface area contributed by atoms with Gasteiger partial charge < -0.3 is 0 Å². The SMILES string of the molecule is CCC1SCCSC1C(=O)Cc1cccc(C)c1. The van der Waals surface area contributed by atoms with Gasteiger partial charge in [0.05, 0.1) is 5.25 Å². The minimum atomic E-state index is 0.203. The summed E-state index contributed by atoms with van der Waals surface area (Å²) in [5.74, 6) is 2.72. The zero-order chi connectivity index (χ0) is 13.0. The number of Topliss-reactive ketones (excluding diaryl/α,β-unsaturated/α-hetero) is 1. The van der Waals surface area contributed by atoms with Crippen molar-refractivity contribution in [2.45, 2.75) is 37.2 Å². The fraction of sp³-hybridized carbons (Fsp3) is 0.533. The molecule has 0 N–H and O–H groups in total. The molecule has 98 valence electrons. The summed E-state index contributed by atoms with van der Waals surface area (Å²) in [5, 5.41) is 0.718. The molecule has 0 aliphatic carbocycles.